The van der Waals surface area contributed by atoms with E-state index in [0.29, 0.717) is 16.9 Å². The molecule has 1 fully saturated rings. The Kier molecular flexibility index (Phi) is 3.61. The standard InChI is InChI=1S/C9H12Cl2N4/c10-7-5-13-9(11)15-8(7)14-6-2-1-3-12-4-6/h5-6,12H,1-4H2,(H,13,14,15)/t6-/m0/s1. The fourth-order valence-corrected chi connectivity index (χ4v) is 1.89. The van der Waals surface area contributed by atoms with E-state index < -0.39 is 0 Å². The zero-order chi connectivity index (χ0) is 10.7. The first kappa shape index (κ1) is 10.9. The quantitative estimate of drug-likeness (QED) is 0.784. The van der Waals surface area contributed by atoms with Gasteiger partial charge < -0.3 is 10.6 Å². The third kappa shape index (κ3) is 2.93. The molecule has 0 radical (unpaired) electrons. The molecule has 1 aliphatic heterocycles. The van der Waals surface area contributed by atoms with Crippen molar-refractivity contribution in [1.29, 1.82) is 0 Å². The van der Waals surface area contributed by atoms with Gasteiger partial charge in [-0.05, 0) is 31.0 Å². The van der Waals surface area contributed by atoms with E-state index >= 15 is 0 Å². The number of hydrogen-bond acceptors (Lipinski definition) is 4. The molecule has 0 bridgehead atoms. The molecular formula is C9H12Cl2N4. The van der Waals surface area contributed by atoms with E-state index in [-0.39, 0.29) is 5.28 Å². The van der Waals surface area contributed by atoms with Crippen LogP contribution in [0.1, 0.15) is 12.8 Å². The highest BCUT2D eigenvalue weighted by Crippen LogP contribution is 2.21. The number of piperidine rings is 1. The fourth-order valence-electron chi connectivity index (χ4n) is 1.62. The molecule has 0 amide bonds. The third-order valence-electron chi connectivity index (χ3n) is 2.35. The van der Waals surface area contributed by atoms with Crippen LogP contribution in [0, 0.1) is 0 Å². The van der Waals surface area contributed by atoms with Gasteiger partial charge in [0.15, 0.2) is 0 Å². The number of nitrogens with one attached hydrogen (secondary N) is 2. The Labute approximate surface area is 98.4 Å². The average Bonchev–Trinajstić information content (AvgIpc) is 2.25. The molecule has 0 unspecified atom stereocenters. The minimum Gasteiger partial charge on any atom is -0.365 e. The predicted molar refractivity (Wildman–Crippen MR) is 61.6 cm³/mol. The molecule has 1 atom stereocenters. The summed E-state index contributed by atoms with van der Waals surface area (Å²) in [5.41, 5.74) is 0. The molecule has 6 heteroatoms. The smallest absolute Gasteiger partial charge is 0.224 e. The van der Waals surface area contributed by atoms with Crippen molar-refractivity contribution in [3.63, 3.8) is 0 Å². The molecule has 2 rings (SSSR count). The van der Waals surface area contributed by atoms with Crippen LogP contribution >= 0.6 is 23.2 Å². The van der Waals surface area contributed by atoms with Crippen molar-refractivity contribution < 1.29 is 0 Å². The number of aromatic nitrogens is 2. The molecule has 15 heavy (non-hydrogen) atoms. The summed E-state index contributed by atoms with van der Waals surface area (Å²) < 4.78 is 0. The first-order valence-corrected chi connectivity index (χ1v) is 5.66. The maximum absolute atomic E-state index is 5.95. The van der Waals surface area contributed by atoms with Crippen molar-refractivity contribution in [2.45, 2.75) is 18.9 Å². The zero-order valence-corrected chi connectivity index (χ0v) is 9.65. The van der Waals surface area contributed by atoms with Crippen molar-refractivity contribution in [3.05, 3.63) is 16.5 Å². The van der Waals surface area contributed by atoms with E-state index in [1.807, 2.05) is 0 Å². The highest BCUT2D eigenvalue weighted by atomic mass is 35.5. The number of nitrogens with zero attached hydrogens (tertiary/aromatic N) is 2. The lowest BCUT2D eigenvalue weighted by Crippen LogP contribution is -2.38. The van der Waals surface area contributed by atoms with E-state index in [1.54, 1.807) is 0 Å². The SMILES string of the molecule is Clc1ncc(Cl)c(N[C@H]2CCCNC2)n1. The normalized spacial score (nSPS) is 21.3. The van der Waals surface area contributed by atoms with Crippen molar-refractivity contribution in [1.82, 2.24) is 15.3 Å². The maximum Gasteiger partial charge on any atom is 0.224 e. The summed E-state index contributed by atoms with van der Waals surface area (Å²) >= 11 is 11.6. The molecule has 0 aliphatic carbocycles. The van der Waals surface area contributed by atoms with Crippen molar-refractivity contribution in [2.75, 3.05) is 18.4 Å². The summed E-state index contributed by atoms with van der Waals surface area (Å²) in [6.07, 6.45) is 3.79. The minimum absolute atomic E-state index is 0.214. The minimum atomic E-state index is 0.214. The fraction of sp³-hybridized carbons (Fsp3) is 0.556. The summed E-state index contributed by atoms with van der Waals surface area (Å²) in [4.78, 5) is 7.85. The molecule has 4 nitrogen and oxygen atoms in total. The van der Waals surface area contributed by atoms with Crippen LogP contribution in [0.3, 0.4) is 0 Å². The van der Waals surface area contributed by atoms with Gasteiger partial charge in [0.05, 0.1) is 6.20 Å². The second-order valence-electron chi connectivity index (χ2n) is 3.52. The van der Waals surface area contributed by atoms with Gasteiger partial charge in [-0.25, -0.2) is 4.98 Å². The van der Waals surface area contributed by atoms with E-state index in [9.17, 15) is 0 Å². The summed E-state index contributed by atoms with van der Waals surface area (Å²) in [6, 6.07) is 0.363. The van der Waals surface area contributed by atoms with Crippen LogP contribution in [-0.2, 0) is 0 Å². The Bertz CT molecular complexity index is 339. The molecule has 1 aromatic heterocycles. The molecule has 2 heterocycles. The number of hydrogen-bond donors (Lipinski definition) is 2. The van der Waals surface area contributed by atoms with Crippen LogP contribution < -0.4 is 10.6 Å². The predicted octanol–water partition coefficient (Wildman–Crippen LogP) is 1.95. The Balaban J connectivity index is 2.05. The molecule has 0 spiro atoms. The topological polar surface area (TPSA) is 49.8 Å². The van der Waals surface area contributed by atoms with Gasteiger partial charge in [-0.15, -0.1) is 0 Å². The van der Waals surface area contributed by atoms with Gasteiger partial charge in [0.1, 0.15) is 10.8 Å². The van der Waals surface area contributed by atoms with Crippen LogP contribution in [0.5, 0.6) is 0 Å². The Hall–Kier alpha value is -0.580. The Morgan fingerprint density at radius 3 is 3.07 bits per heavy atom. The number of anilines is 1. The monoisotopic (exact) mass is 246 g/mol. The molecule has 1 aliphatic rings. The Morgan fingerprint density at radius 2 is 2.33 bits per heavy atom. The molecule has 0 aromatic carbocycles. The van der Waals surface area contributed by atoms with Crippen LogP contribution in [0.2, 0.25) is 10.3 Å². The van der Waals surface area contributed by atoms with Gasteiger partial charge in [0, 0.05) is 12.6 Å². The first-order chi connectivity index (χ1) is 7.25. The number of halogens is 2. The van der Waals surface area contributed by atoms with Gasteiger partial charge in [-0.3, -0.25) is 0 Å². The lowest BCUT2D eigenvalue weighted by molar-refractivity contribution is 0.479. The van der Waals surface area contributed by atoms with Crippen molar-refractivity contribution in [2.24, 2.45) is 0 Å². The highest BCUT2D eigenvalue weighted by Gasteiger charge is 2.14. The van der Waals surface area contributed by atoms with Gasteiger partial charge in [0.25, 0.3) is 0 Å². The summed E-state index contributed by atoms with van der Waals surface area (Å²) in [7, 11) is 0. The largest absolute Gasteiger partial charge is 0.365 e. The maximum atomic E-state index is 5.95. The lowest BCUT2D eigenvalue weighted by Gasteiger charge is -2.24. The van der Waals surface area contributed by atoms with Gasteiger partial charge in [-0.2, -0.15) is 4.98 Å². The average molecular weight is 247 g/mol. The molecule has 0 saturated carbocycles. The van der Waals surface area contributed by atoms with Gasteiger partial charge in [-0.1, -0.05) is 11.6 Å². The number of rotatable bonds is 2. The molecule has 1 saturated heterocycles. The summed E-state index contributed by atoms with van der Waals surface area (Å²) in [6.45, 7) is 2.01. The second kappa shape index (κ2) is 4.96. The first-order valence-electron chi connectivity index (χ1n) is 4.91. The van der Waals surface area contributed by atoms with Crippen molar-refractivity contribution >= 4 is 29.0 Å². The van der Waals surface area contributed by atoms with E-state index in [2.05, 4.69) is 20.6 Å². The van der Waals surface area contributed by atoms with E-state index in [4.69, 9.17) is 23.2 Å². The highest BCUT2D eigenvalue weighted by molar-refractivity contribution is 6.33. The van der Waals surface area contributed by atoms with Crippen LogP contribution in [0.25, 0.3) is 0 Å². The summed E-state index contributed by atoms with van der Waals surface area (Å²) in [5, 5.41) is 7.29. The Morgan fingerprint density at radius 1 is 1.47 bits per heavy atom. The summed E-state index contributed by atoms with van der Waals surface area (Å²) in [5.74, 6) is 0.616. The van der Waals surface area contributed by atoms with Crippen molar-refractivity contribution in [3.8, 4) is 0 Å². The zero-order valence-electron chi connectivity index (χ0n) is 8.13. The third-order valence-corrected chi connectivity index (χ3v) is 2.81. The van der Waals surface area contributed by atoms with Gasteiger partial charge >= 0.3 is 0 Å². The molecule has 82 valence electrons. The van der Waals surface area contributed by atoms with E-state index in [0.717, 1.165) is 25.9 Å². The molecular weight excluding hydrogens is 235 g/mol. The van der Waals surface area contributed by atoms with Crippen LogP contribution in [0.4, 0.5) is 5.82 Å². The van der Waals surface area contributed by atoms with Crippen LogP contribution in [0.15, 0.2) is 6.20 Å². The van der Waals surface area contributed by atoms with E-state index in [1.165, 1.54) is 6.20 Å². The van der Waals surface area contributed by atoms with Gasteiger partial charge in [0.2, 0.25) is 5.28 Å². The second-order valence-corrected chi connectivity index (χ2v) is 4.27. The molecule has 2 N–H and O–H groups in total. The molecule has 1 aromatic rings. The lowest BCUT2D eigenvalue weighted by atomic mass is 10.1. The van der Waals surface area contributed by atoms with Crippen LogP contribution in [-0.4, -0.2) is 29.1 Å².